The molecule has 0 saturated carbocycles. The Labute approximate surface area is 108 Å². The van der Waals surface area contributed by atoms with Crippen molar-refractivity contribution in [3.05, 3.63) is 12.7 Å². The van der Waals surface area contributed by atoms with Gasteiger partial charge in [-0.25, -0.2) is 0 Å². The number of amides is 1. The quantitative estimate of drug-likeness (QED) is 0.199. The van der Waals surface area contributed by atoms with Crippen LogP contribution >= 0.6 is 11.8 Å². The predicted molar refractivity (Wildman–Crippen MR) is 73.5 cm³/mol. The van der Waals surface area contributed by atoms with Gasteiger partial charge in [-0.3, -0.25) is 4.79 Å². The number of nitrogens with one attached hydrogen (secondary N) is 1. The van der Waals surface area contributed by atoms with E-state index in [0.717, 1.165) is 12.2 Å². The van der Waals surface area contributed by atoms with E-state index in [2.05, 4.69) is 17.1 Å². The van der Waals surface area contributed by atoms with Gasteiger partial charge < -0.3 is 10.5 Å². The van der Waals surface area contributed by atoms with E-state index in [1.807, 2.05) is 20.8 Å². The maximum atomic E-state index is 11.9. The van der Waals surface area contributed by atoms with Gasteiger partial charge in [-0.1, -0.05) is 32.0 Å². The van der Waals surface area contributed by atoms with Crippen molar-refractivity contribution in [2.75, 3.05) is 12.8 Å². The zero-order chi connectivity index (χ0) is 13.5. The second kappa shape index (κ2) is 7.37. The second-order valence-corrected chi connectivity index (χ2v) is 5.89. The Balaban J connectivity index is 4.88. The van der Waals surface area contributed by atoms with E-state index in [1.165, 1.54) is 11.8 Å². The van der Waals surface area contributed by atoms with Gasteiger partial charge in [0.05, 0.1) is 5.92 Å². The van der Waals surface area contributed by atoms with Gasteiger partial charge in [-0.05, 0) is 11.8 Å². The molecule has 0 rings (SSSR count). The van der Waals surface area contributed by atoms with Crippen molar-refractivity contribution in [2.24, 2.45) is 16.5 Å². The van der Waals surface area contributed by atoms with Crippen LogP contribution < -0.4 is 5.32 Å². The highest BCUT2D eigenvalue weighted by atomic mass is 32.2. The Morgan fingerprint density at radius 3 is 2.53 bits per heavy atom. The number of nitrogens with zero attached hydrogens (tertiary/aromatic N) is 1. The fraction of sp³-hybridized carbons (Fsp3) is 0.667. The summed E-state index contributed by atoms with van der Waals surface area (Å²) in [5.74, 6) is 0.190. The number of oxime groups is 1. The molecule has 98 valence electrons. The molecule has 1 unspecified atom stereocenters. The van der Waals surface area contributed by atoms with E-state index >= 15 is 0 Å². The number of hydrogen-bond acceptors (Lipinski definition) is 4. The predicted octanol–water partition coefficient (Wildman–Crippen LogP) is 2.49. The summed E-state index contributed by atoms with van der Waals surface area (Å²) >= 11 is 1.39. The summed E-state index contributed by atoms with van der Waals surface area (Å²) in [5, 5.41) is 15.4. The van der Waals surface area contributed by atoms with Crippen LogP contribution in [-0.4, -0.2) is 29.0 Å². The number of hydrogen-bond donors (Lipinski definition) is 2. The summed E-state index contributed by atoms with van der Waals surface area (Å²) in [5.41, 5.74) is -0.289. The lowest BCUT2D eigenvalue weighted by atomic mass is 9.80. The molecule has 0 radical (unpaired) electrons. The van der Waals surface area contributed by atoms with E-state index in [9.17, 15) is 4.79 Å². The first-order valence-corrected chi connectivity index (χ1v) is 6.54. The number of allylic oxidation sites excluding steroid dienone is 1. The highest BCUT2D eigenvalue weighted by molar-refractivity contribution is 8.14. The molecule has 1 amide bonds. The molecule has 0 aliphatic rings. The lowest BCUT2D eigenvalue weighted by molar-refractivity contribution is -0.124. The summed E-state index contributed by atoms with van der Waals surface area (Å²) in [6.45, 7) is 9.48. The van der Waals surface area contributed by atoms with E-state index in [1.54, 1.807) is 13.1 Å². The lowest BCUT2D eigenvalue weighted by Crippen LogP contribution is -2.40. The summed E-state index contributed by atoms with van der Waals surface area (Å²) in [7, 11) is 1.59. The van der Waals surface area contributed by atoms with Crippen LogP contribution in [0.1, 0.15) is 27.2 Å². The van der Waals surface area contributed by atoms with Gasteiger partial charge in [0.2, 0.25) is 5.91 Å². The van der Waals surface area contributed by atoms with Crippen LogP contribution in [0.4, 0.5) is 0 Å². The maximum Gasteiger partial charge on any atom is 0.230 e. The first-order chi connectivity index (χ1) is 7.88. The Morgan fingerprint density at radius 2 is 2.18 bits per heavy atom. The SMILES string of the molecule is C=CCCS/C(=N\O)C(C(=O)NC)C(C)(C)C. The van der Waals surface area contributed by atoms with Crippen LogP contribution in [0, 0.1) is 11.3 Å². The van der Waals surface area contributed by atoms with Crippen LogP contribution in [0.15, 0.2) is 17.8 Å². The molecule has 0 spiro atoms. The molecule has 0 saturated heterocycles. The first kappa shape index (κ1) is 16.0. The van der Waals surface area contributed by atoms with Gasteiger partial charge >= 0.3 is 0 Å². The van der Waals surface area contributed by atoms with E-state index in [4.69, 9.17) is 5.21 Å². The van der Waals surface area contributed by atoms with Crippen LogP contribution in [0.3, 0.4) is 0 Å². The normalized spacial score (nSPS) is 14.2. The van der Waals surface area contributed by atoms with Crippen molar-refractivity contribution in [2.45, 2.75) is 27.2 Å². The van der Waals surface area contributed by atoms with E-state index in [-0.39, 0.29) is 11.3 Å². The third-order valence-corrected chi connectivity index (χ3v) is 3.34. The molecule has 0 aliphatic carbocycles. The molecule has 1 atom stereocenters. The highest BCUT2D eigenvalue weighted by Gasteiger charge is 2.35. The zero-order valence-corrected chi connectivity index (χ0v) is 11.8. The topological polar surface area (TPSA) is 61.7 Å². The standard InChI is InChI=1S/C12H22N2O2S/c1-6-7-8-17-11(14-16)9(10(15)13-5)12(2,3)4/h6,9,16H,1,7-8H2,2-5H3,(H,13,15)/b14-11-. The largest absolute Gasteiger partial charge is 0.410 e. The van der Waals surface area contributed by atoms with Gasteiger partial charge in [0.15, 0.2) is 0 Å². The van der Waals surface area contributed by atoms with E-state index < -0.39 is 5.92 Å². The maximum absolute atomic E-state index is 11.9. The minimum atomic E-state index is -0.438. The van der Waals surface area contributed by atoms with Crippen molar-refractivity contribution in [3.63, 3.8) is 0 Å². The van der Waals surface area contributed by atoms with Gasteiger partial charge in [0.25, 0.3) is 0 Å². The summed E-state index contributed by atoms with van der Waals surface area (Å²) in [6.07, 6.45) is 2.61. The first-order valence-electron chi connectivity index (χ1n) is 5.55. The molecule has 0 aromatic heterocycles. The molecule has 0 aliphatic heterocycles. The lowest BCUT2D eigenvalue weighted by Gasteiger charge is -2.29. The summed E-state index contributed by atoms with van der Waals surface area (Å²) in [4.78, 5) is 11.9. The number of carbonyl (C=O) groups is 1. The molecule has 0 bridgehead atoms. The third kappa shape index (κ3) is 5.26. The van der Waals surface area contributed by atoms with Crippen molar-refractivity contribution < 1.29 is 10.0 Å². The number of rotatable bonds is 5. The Bertz CT molecular complexity index is 295. The smallest absolute Gasteiger partial charge is 0.230 e. The molecule has 17 heavy (non-hydrogen) atoms. The molecule has 5 heteroatoms. The minimum Gasteiger partial charge on any atom is -0.410 e. The van der Waals surface area contributed by atoms with Crippen molar-refractivity contribution >= 4 is 22.7 Å². The molecule has 4 nitrogen and oxygen atoms in total. The molecular weight excluding hydrogens is 236 g/mol. The second-order valence-electron chi connectivity index (χ2n) is 4.78. The van der Waals surface area contributed by atoms with Crippen molar-refractivity contribution in [3.8, 4) is 0 Å². The molecule has 0 fully saturated rings. The highest BCUT2D eigenvalue weighted by Crippen LogP contribution is 2.31. The third-order valence-electron chi connectivity index (χ3n) is 2.29. The van der Waals surface area contributed by atoms with Crippen molar-refractivity contribution in [1.29, 1.82) is 0 Å². The fourth-order valence-corrected chi connectivity index (χ4v) is 2.62. The Morgan fingerprint density at radius 1 is 1.59 bits per heavy atom. The monoisotopic (exact) mass is 258 g/mol. The zero-order valence-electron chi connectivity index (χ0n) is 11.0. The average Bonchev–Trinajstić information content (AvgIpc) is 2.25. The molecule has 0 heterocycles. The van der Waals surface area contributed by atoms with Gasteiger partial charge in [-0.15, -0.1) is 18.3 Å². The van der Waals surface area contributed by atoms with Crippen LogP contribution in [-0.2, 0) is 4.79 Å². The Hall–Kier alpha value is -0.970. The van der Waals surface area contributed by atoms with Gasteiger partial charge in [0.1, 0.15) is 5.04 Å². The van der Waals surface area contributed by atoms with Crippen LogP contribution in [0.2, 0.25) is 0 Å². The molecule has 0 aromatic carbocycles. The van der Waals surface area contributed by atoms with Gasteiger partial charge in [0, 0.05) is 12.8 Å². The van der Waals surface area contributed by atoms with E-state index in [0.29, 0.717) is 5.04 Å². The molecule has 2 N–H and O–H groups in total. The average molecular weight is 258 g/mol. The van der Waals surface area contributed by atoms with Crippen molar-refractivity contribution in [1.82, 2.24) is 5.32 Å². The van der Waals surface area contributed by atoms with Crippen LogP contribution in [0.25, 0.3) is 0 Å². The minimum absolute atomic E-state index is 0.128. The molecular formula is C12H22N2O2S. The van der Waals surface area contributed by atoms with Gasteiger partial charge in [-0.2, -0.15) is 0 Å². The summed E-state index contributed by atoms with van der Waals surface area (Å²) < 4.78 is 0. The number of carbonyl (C=O) groups excluding carboxylic acids is 1. The Kier molecular flexibility index (Phi) is 6.95. The van der Waals surface area contributed by atoms with Crippen LogP contribution in [0.5, 0.6) is 0 Å². The molecule has 0 aromatic rings. The number of thioether (sulfide) groups is 1. The summed E-state index contributed by atoms with van der Waals surface area (Å²) in [6, 6.07) is 0. The fourth-order valence-electron chi connectivity index (χ4n) is 1.44.